The molecule has 0 saturated carbocycles. The Balaban J connectivity index is 1.66. The number of benzene rings is 1. The van der Waals surface area contributed by atoms with Gasteiger partial charge in [-0.25, -0.2) is 0 Å². The standard InChI is InChI=1S/C17H19N5O/c1-11(14-7-4-5-9-19-14)20-17(23)13(18)10-16-12-6-2-3-8-15(12)21-22-16/h2-9,11,13H,10,18H2,1H3,(H,20,23)(H,21,22). The summed E-state index contributed by atoms with van der Waals surface area (Å²) in [5.74, 6) is -0.207. The Morgan fingerprint density at radius 3 is 2.83 bits per heavy atom. The molecular weight excluding hydrogens is 290 g/mol. The van der Waals surface area contributed by atoms with E-state index in [-0.39, 0.29) is 11.9 Å². The van der Waals surface area contributed by atoms with Crippen LogP contribution in [-0.2, 0) is 11.2 Å². The molecule has 0 aliphatic carbocycles. The van der Waals surface area contributed by atoms with E-state index >= 15 is 0 Å². The Hall–Kier alpha value is -2.73. The summed E-state index contributed by atoms with van der Waals surface area (Å²) in [5, 5.41) is 11.1. The van der Waals surface area contributed by atoms with Gasteiger partial charge < -0.3 is 11.1 Å². The number of nitrogens with zero attached hydrogens (tertiary/aromatic N) is 2. The van der Waals surface area contributed by atoms with Crippen LogP contribution in [0.15, 0.2) is 48.7 Å². The first-order valence-electron chi connectivity index (χ1n) is 7.54. The van der Waals surface area contributed by atoms with Gasteiger partial charge in [0.05, 0.1) is 23.3 Å². The Labute approximate surface area is 134 Å². The lowest BCUT2D eigenvalue weighted by Gasteiger charge is -2.17. The van der Waals surface area contributed by atoms with Crippen LogP contribution in [0.4, 0.5) is 0 Å². The van der Waals surface area contributed by atoms with Crippen molar-refractivity contribution in [3.63, 3.8) is 0 Å². The molecule has 1 aromatic carbocycles. The normalized spacial score (nSPS) is 13.7. The Bertz CT molecular complexity index is 799. The molecule has 2 unspecified atom stereocenters. The maximum absolute atomic E-state index is 12.3. The highest BCUT2D eigenvalue weighted by molar-refractivity contribution is 5.85. The van der Waals surface area contributed by atoms with Crippen molar-refractivity contribution in [2.45, 2.75) is 25.4 Å². The topological polar surface area (TPSA) is 96.7 Å². The highest BCUT2D eigenvalue weighted by atomic mass is 16.2. The fourth-order valence-corrected chi connectivity index (χ4v) is 2.51. The minimum absolute atomic E-state index is 0.187. The van der Waals surface area contributed by atoms with E-state index in [1.54, 1.807) is 6.20 Å². The highest BCUT2D eigenvalue weighted by Crippen LogP contribution is 2.16. The van der Waals surface area contributed by atoms with Crippen molar-refractivity contribution in [2.24, 2.45) is 5.73 Å². The molecule has 0 saturated heterocycles. The van der Waals surface area contributed by atoms with Gasteiger partial charge in [-0.15, -0.1) is 0 Å². The van der Waals surface area contributed by atoms with Gasteiger partial charge in [-0.05, 0) is 25.1 Å². The molecule has 6 heteroatoms. The molecule has 0 aliphatic rings. The molecule has 2 atom stereocenters. The third-order valence-electron chi connectivity index (χ3n) is 3.79. The molecule has 0 radical (unpaired) electrons. The van der Waals surface area contributed by atoms with Crippen LogP contribution in [0, 0.1) is 0 Å². The van der Waals surface area contributed by atoms with Crippen LogP contribution < -0.4 is 11.1 Å². The number of rotatable bonds is 5. The molecule has 6 nitrogen and oxygen atoms in total. The molecule has 1 amide bonds. The summed E-state index contributed by atoms with van der Waals surface area (Å²) >= 11 is 0. The monoisotopic (exact) mass is 309 g/mol. The number of para-hydroxylation sites is 1. The number of nitrogens with two attached hydrogens (primary N) is 1. The highest BCUT2D eigenvalue weighted by Gasteiger charge is 2.19. The smallest absolute Gasteiger partial charge is 0.237 e. The molecule has 0 spiro atoms. The number of carbonyl (C=O) groups is 1. The lowest BCUT2D eigenvalue weighted by molar-refractivity contribution is -0.123. The van der Waals surface area contributed by atoms with Crippen molar-refractivity contribution >= 4 is 16.8 Å². The quantitative estimate of drug-likeness (QED) is 0.668. The zero-order valence-electron chi connectivity index (χ0n) is 12.9. The molecule has 0 fully saturated rings. The molecule has 118 valence electrons. The molecule has 3 aromatic rings. The van der Waals surface area contributed by atoms with E-state index < -0.39 is 6.04 Å². The molecule has 0 bridgehead atoms. The minimum Gasteiger partial charge on any atom is -0.347 e. The van der Waals surface area contributed by atoms with Crippen LogP contribution in [0.25, 0.3) is 10.9 Å². The summed E-state index contributed by atoms with van der Waals surface area (Å²) in [6, 6.07) is 12.5. The summed E-state index contributed by atoms with van der Waals surface area (Å²) in [7, 11) is 0. The first kappa shape index (κ1) is 15.2. The van der Waals surface area contributed by atoms with Gasteiger partial charge in [-0.2, -0.15) is 5.10 Å². The summed E-state index contributed by atoms with van der Waals surface area (Å²) < 4.78 is 0. The van der Waals surface area contributed by atoms with E-state index in [9.17, 15) is 4.79 Å². The SMILES string of the molecule is CC(NC(=O)C(N)Cc1[nH]nc2ccccc12)c1ccccn1. The van der Waals surface area contributed by atoms with Crippen LogP contribution in [0.2, 0.25) is 0 Å². The van der Waals surface area contributed by atoms with Crippen molar-refractivity contribution in [3.8, 4) is 0 Å². The molecule has 2 aromatic heterocycles. The molecule has 3 rings (SSSR count). The molecule has 23 heavy (non-hydrogen) atoms. The Kier molecular flexibility index (Phi) is 4.34. The largest absolute Gasteiger partial charge is 0.347 e. The van der Waals surface area contributed by atoms with Gasteiger partial charge >= 0.3 is 0 Å². The molecule has 2 heterocycles. The van der Waals surface area contributed by atoms with Crippen LogP contribution >= 0.6 is 0 Å². The average Bonchev–Trinajstić information content (AvgIpc) is 2.98. The lowest BCUT2D eigenvalue weighted by Crippen LogP contribution is -2.43. The molecule has 4 N–H and O–H groups in total. The predicted octanol–water partition coefficient (Wildman–Crippen LogP) is 1.71. The second-order valence-electron chi connectivity index (χ2n) is 5.51. The van der Waals surface area contributed by atoms with Crippen molar-refractivity contribution in [2.75, 3.05) is 0 Å². The van der Waals surface area contributed by atoms with E-state index in [4.69, 9.17) is 5.73 Å². The summed E-state index contributed by atoms with van der Waals surface area (Å²) in [6.07, 6.45) is 2.11. The third kappa shape index (κ3) is 3.37. The Morgan fingerprint density at radius 2 is 2.04 bits per heavy atom. The van der Waals surface area contributed by atoms with E-state index in [0.29, 0.717) is 6.42 Å². The second kappa shape index (κ2) is 6.58. The predicted molar refractivity (Wildman–Crippen MR) is 88.6 cm³/mol. The Morgan fingerprint density at radius 1 is 1.26 bits per heavy atom. The zero-order valence-corrected chi connectivity index (χ0v) is 12.9. The summed E-state index contributed by atoms with van der Waals surface area (Å²) in [6.45, 7) is 1.89. The molecule has 0 aliphatic heterocycles. The number of nitrogens with one attached hydrogen (secondary N) is 2. The average molecular weight is 309 g/mol. The fourth-order valence-electron chi connectivity index (χ4n) is 2.51. The van der Waals surface area contributed by atoms with Crippen LogP contribution in [0.5, 0.6) is 0 Å². The van der Waals surface area contributed by atoms with Crippen molar-refractivity contribution < 1.29 is 4.79 Å². The van der Waals surface area contributed by atoms with Gasteiger partial charge in [0.15, 0.2) is 0 Å². The minimum atomic E-state index is -0.648. The van der Waals surface area contributed by atoms with Crippen LogP contribution in [-0.4, -0.2) is 27.1 Å². The van der Waals surface area contributed by atoms with E-state index in [1.165, 1.54) is 0 Å². The van der Waals surface area contributed by atoms with Gasteiger partial charge in [0.25, 0.3) is 0 Å². The summed E-state index contributed by atoms with van der Waals surface area (Å²) in [5.41, 5.74) is 8.59. The van der Waals surface area contributed by atoms with Gasteiger partial charge in [-0.1, -0.05) is 24.3 Å². The van der Waals surface area contributed by atoms with E-state index in [2.05, 4.69) is 20.5 Å². The number of fused-ring (bicyclic) bond motifs is 1. The fraction of sp³-hybridized carbons (Fsp3) is 0.235. The maximum Gasteiger partial charge on any atom is 0.237 e. The van der Waals surface area contributed by atoms with Gasteiger partial charge in [0, 0.05) is 23.7 Å². The first-order chi connectivity index (χ1) is 11.1. The number of aromatic nitrogens is 3. The number of hydrogen-bond donors (Lipinski definition) is 3. The zero-order chi connectivity index (χ0) is 16.2. The number of carbonyl (C=O) groups excluding carboxylic acids is 1. The van der Waals surface area contributed by atoms with Crippen molar-refractivity contribution in [3.05, 3.63) is 60.0 Å². The van der Waals surface area contributed by atoms with Crippen molar-refractivity contribution in [1.82, 2.24) is 20.5 Å². The van der Waals surface area contributed by atoms with Gasteiger partial charge in [0.1, 0.15) is 0 Å². The number of amides is 1. The van der Waals surface area contributed by atoms with Crippen molar-refractivity contribution in [1.29, 1.82) is 0 Å². The number of hydrogen-bond acceptors (Lipinski definition) is 4. The van der Waals surface area contributed by atoms with E-state index in [1.807, 2.05) is 49.4 Å². The van der Waals surface area contributed by atoms with Crippen LogP contribution in [0.3, 0.4) is 0 Å². The second-order valence-corrected chi connectivity index (χ2v) is 5.51. The first-order valence-corrected chi connectivity index (χ1v) is 7.54. The number of pyridine rings is 1. The number of aromatic amines is 1. The van der Waals surface area contributed by atoms with E-state index in [0.717, 1.165) is 22.3 Å². The summed E-state index contributed by atoms with van der Waals surface area (Å²) in [4.78, 5) is 16.5. The van der Waals surface area contributed by atoms with Crippen LogP contribution in [0.1, 0.15) is 24.4 Å². The number of H-pyrrole nitrogens is 1. The van der Waals surface area contributed by atoms with Gasteiger partial charge in [-0.3, -0.25) is 14.9 Å². The maximum atomic E-state index is 12.3. The van der Waals surface area contributed by atoms with Gasteiger partial charge in [0.2, 0.25) is 5.91 Å². The molecular formula is C17H19N5O. The third-order valence-corrected chi connectivity index (χ3v) is 3.79. The lowest BCUT2D eigenvalue weighted by atomic mass is 10.1.